The van der Waals surface area contributed by atoms with Crippen LogP contribution < -0.4 is 10.5 Å². The van der Waals surface area contributed by atoms with Crippen LogP contribution in [0.3, 0.4) is 0 Å². The van der Waals surface area contributed by atoms with Gasteiger partial charge in [-0.2, -0.15) is 9.97 Å². The van der Waals surface area contributed by atoms with Crippen molar-refractivity contribution in [3.05, 3.63) is 41.7 Å². The van der Waals surface area contributed by atoms with Crippen LogP contribution in [0.2, 0.25) is 0 Å². The van der Waals surface area contributed by atoms with E-state index in [0.29, 0.717) is 18.2 Å². The van der Waals surface area contributed by atoms with Gasteiger partial charge in [0.05, 0.1) is 32.3 Å². The molecule has 3 aliphatic heterocycles. The van der Waals surface area contributed by atoms with Gasteiger partial charge in [-0.15, -0.1) is 0 Å². The molecule has 6 atom stereocenters. The molecule has 3 aromatic rings. The van der Waals surface area contributed by atoms with Crippen LogP contribution in [0.25, 0.3) is 11.2 Å². The molecule has 3 fully saturated rings. The number of carbonyl (C=O) groups excluding carboxylic acids is 1. The Balaban J connectivity index is 1.24. The Bertz CT molecular complexity index is 1530. The van der Waals surface area contributed by atoms with Crippen LogP contribution in [0.1, 0.15) is 38.2 Å². The highest BCUT2D eigenvalue weighted by atomic mass is 31.2. The summed E-state index contributed by atoms with van der Waals surface area (Å²) in [4.78, 5) is 24.8. The van der Waals surface area contributed by atoms with E-state index in [4.69, 9.17) is 38.3 Å². The summed E-state index contributed by atoms with van der Waals surface area (Å²) in [6.07, 6.45) is -3.42. The van der Waals surface area contributed by atoms with Crippen molar-refractivity contribution in [3.8, 4) is 5.88 Å². The van der Waals surface area contributed by atoms with E-state index in [2.05, 4.69) is 15.0 Å². The van der Waals surface area contributed by atoms with Crippen molar-refractivity contribution < 1.29 is 50.7 Å². The lowest BCUT2D eigenvalue weighted by atomic mass is 9.96. The number of nitrogens with zero attached hydrogens (tertiary/aromatic N) is 4. The number of hydrogen-bond acceptors (Lipinski definition) is 13. The molecule has 0 aliphatic carbocycles. The molecule has 0 amide bonds. The van der Waals surface area contributed by atoms with Crippen molar-refractivity contribution >= 4 is 31.1 Å². The maximum absolute atomic E-state index is 14.3. The lowest BCUT2D eigenvalue weighted by Crippen LogP contribution is -2.42. The van der Waals surface area contributed by atoms with Crippen LogP contribution in [-0.4, -0.2) is 63.3 Å². The second-order valence-electron chi connectivity index (χ2n) is 9.37. The molecule has 0 spiro atoms. The van der Waals surface area contributed by atoms with E-state index in [1.807, 2.05) is 0 Å². The molecule has 0 radical (unpaired) electrons. The first-order valence-corrected chi connectivity index (χ1v) is 13.8. The average molecular weight is 583 g/mol. The van der Waals surface area contributed by atoms with Crippen LogP contribution in [0, 0.1) is 11.6 Å². The van der Waals surface area contributed by atoms with Crippen molar-refractivity contribution in [2.45, 2.75) is 50.4 Å². The largest absolute Gasteiger partial charge is 0.509 e. The summed E-state index contributed by atoms with van der Waals surface area (Å²) in [5.41, 5.74) is 5.05. The van der Waals surface area contributed by atoms with Gasteiger partial charge in [0.25, 0.3) is 0 Å². The number of rotatable bonds is 7. The van der Waals surface area contributed by atoms with Crippen molar-refractivity contribution in [1.29, 1.82) is 0 Å². The third kappa shape index (κ3) is 4.55. The van der Waals surface area contributed by atoms with Gasteiger partial charge >= 0.3 is 14.0 Å². The number of nitrogen functional groups attached to an aromatic ring is 1. The summed E-state index contributed by atoms with van der Waals surface area (Å²) >= 11 is 0. The zero-order valence-electron chi connectivity index (χ0n) is 21.2. The zero-order chi connectivity index (χ0) is 28.2. The first kappa shape index (κ1) is 26.8. The van der Waals surface area contributed by atoms with E-state index in [1.165, 1.54) is 17.0 Å². The molecule has 40 heavy (non-hydrogen) atoms. The number of fused-ring (bicyclic) bond motifs is 2. The first-order chi connectivity index (χ1) is 19.1. The highest BCUT2D eigenvalue weighted by Gasteiger charge is 2.64. The van der Waals surface area contributed by atoms with Crippen molar-refractivity contribution in [2.75, 3.05) is 25.6 Å². The Kier molecular flexibility index (Phi) is 6.62. The van der Waals surface area contributed by atoms with Crippen LogP contribution in [-0.2, 0) is 32.3 Å². The van der Waals surface area contributed by atoms with Gasteiger partial charge in [0.15, 0.2) is 29.1 Å². The number of halogens is 2. The van der Waals surface area contributed by atoms with E-state index in [0.717, 1.165) is 6.07 Å². The Morgan fingerprint density at radius 3 is 2.90 bits per heavy atom. The molecule has 1 aromatic carbocycles. The highest BCUT2D eigenvalue weighted by molar-refractivity contribution is 7.48. The fourth-order valence-electron chi connectivity index (χ4n) is 4.99. The fraction of sp³-hybridized carbons (Fsp3) is 0.478. The van der Waals surface area contributed by atoms with Crippen LogP contribution in [0.15, 0.2) is 24.5 Å². The molecule has 214 valence electrons. The van der Waals surface area contributed by atoms with E-state index in [1.54, 1.807) is 13.8 Å². The number of benzene rings is 1. The number of hydrogen-bond donors (Lipinski definition) is 1. The number of nitrogens with two attached hydrogens (primary N) is 1. The number of carbonyl (C=O) groups is 1. The molecule has 17 heteroatoms. The quantitative estimate of drug-likeness (QED) is 0.317. The van der Waals surface area contributed by atoms with Crippen LogP contribution >= 0.6 is 7.82 Å². The molecule has 2 aromatic heterocycles. The molecule has 0 bridgehead atoms. The molecular weight excluding hydrogens is 559 g/mol. The number of ether oxygens (including phenoxy) is 4. The van der Waals surface area contributed by atoms with Gasteiger partial charge in [-0.05, 0) is 19.9 Å². The SMILES string of the molecule is CCOc1nc(N)nc2c1ncn2[C@@H]1O[C@H](COP2(=O)OCC[C@H](c3ccc(F)cc3F)O2)[C@H]2OC(=O)O[C@]21C. The maximum Gasteiger partial charge on any atom is 0.509 e. The van der Waals surface area contributed by atoms with Crippen molar-refractivity contribution in [1.82, 2.24) is 19.5 Å². The van der Waals surface area contributed by atoms with Gasteiger partial charge in [-0.3, -0.25) is 18.1 Å². The smallest absolute Gasteiger partial charge is 0.476 e. The summed E-state index contributed by atoms with van der Waals surface area (Å²) in [5.74, 6) is -1.52. The number of phosphoric ester groups is 1. The molecule has 2 N–H and O–H groups in total. The fourth-order valence-corrected chi connectivity index (χ4v) is 6.38. The van der Waals surface area contributed by atoms with Crippen LogP contribution in [0.5, 0.6) is 5.88 Å². The van der Waals surface area contributed by atoms with E-state index in [9.17, 15) is 18.1 Å². The van der Waals surface area contributed by atoms with E-state index >= 15 is 0 Å². The Morgan fingerprint density at radius 1 is 1.30 bits per heavy atom. The molecule has 1 unspecified atom stereocenters. The van der Waals surface area contributed by atoms with Crippen molar-refractivity contribution in [3.63, 3.8) is 0 Å². The second-order valence-corrected chi connectivity index (χ2v) is 11.0. The van der Waals surface area contributed by atoms with Gasteiger partial charge in [0.2, 0.25) is 11.8 Å². The second kappa shape index (κ2) is 9.89. The highest BCUT2D eigenvalue weighted by Crippen LogP contribution is 2.58. The minimum Gasteiger partial charge on any atom is -0.476 e. The number of anilines is 1. The molecule has 6 rings (SSSR count). The Labute approximate surface area is 225 Å². The summed E-state index contributed by atoms with van der Waals surface area (Å²) in [7, 11) is -4.23. The molecule has 3 aliphatic rings. The average Bonchev–Trinajstić information content (AvgIpc) is 3.52. The van der Waals surface area contributed by atoms with Crippen LogP contribution in [0.4, 0.5) is 19.5 Å². The predicted molar refractivity (Wildman–Crippen MR) is 129 cm³/mol. The minimum atomic E-state index is -4.23. The molecule has 14 nitrogen and oxygen atoms in total. The monoisotopic (exact) mass is 583 g/mol. The maximum atomic E-state index is 14.3. The summed E-state index contributed by atoms with van der Waals surface area (Å²) in [6, 6.07) is 2.98. The van der Waals surface area contributed by atoms with Gasteiger partial charge in [0, 0.05) is 18.1 Å². The first-order valence-electron chi connectivity index (χ1n) is 12.3. The molecule has 3 saturated heterocycles. The number of imidazole rings is 1. The van der Waals surface area contributed by atoms with Gasteiger partial charge < -0.3 is 24.7 Å². The third-order valence-electron chi connectivity index (χ3n) is 6.76. The third-order valence-corrected chi connectivity index (χ3v) is 8.23. The van der Waals surface area contributed by atoms with Gasteiger partial charge in [-0.1, -0.05) is 6.07 Å². The van der Waals surface area contributed by atoms with E-state index in [-0.39, 0.29) is 36.1 Å². The Morgan fingerprint density at radius 2 is 2.12 bits per heavy atom. The normalized spacial score (nSPS) is 31.6. The number of phosphoric acid groups is 1. The summed E-state index contributed by atoms with van der Waals surface area (Å²) in [6.45, 7) is 3.18. The lowest BCUT2D eigenvalue weighted by molar-refractivity contribution is -0.0926. The van der Waals surface area contributed by atoms with Gasteiger partial charge in [0.1, 0.15) is 17.7 Å². The summed E-state index contributed by atoms with van der Waals surface area (Å²) in [5, 5.41) is 0. The predicted octanol–water partition coefficient (Wildman–Crippen LogP) is 3.58. The molecule has 5 heterocycles. The lowest BCUT2D eigenvalue weighted by Gasteiger charge is -2.30. The molecular formula is C23H24F2N5O9P. The van der Waals surface area contributed by atoms with Gasteiger partial charge in [-0.25, -0.2) is 23.1 Å². The summed E-state index contributed by atoms with van der Waals surface area (Å²) < 4.78 is 81.3. The minimum absolute atomic E-state index is 0.0103. The topological polar surface area (TPSA) is 168 Å². The van der Waals surface area contributed by atoms with Crippen molar-refractivity contribution in [2.24, 2.45) is 0 Å². The zero-order valence-corrected chi connectivity index (χ0v) is 22.1. The van der Waals surface area contributed by atoms with E-state index < -0.39 is 62.4 Å². The standard InChI is InChI=1S/C23H24F2N5O9P/c1-3-33-19-16-18(28-21(26)29-19)30(10-27-16)20-23(2)17(37-22(31)38-23)15(36-20)9-35-40(32)34-7-6-14(39-40)12-5-4-11(24)8-13(12)25/h4-5,8,10,14-15,17,20H,3,6-7,9H2,1-2H3,(H2,26,28,29)/t14-,15-,17-,20-,23-,40?/m1/s1. The number of aromatic nitrogens is 4. The Hall–Kier alpha value is -3.43. The molecule has 0 saturated carbocycles.